The van der Waals surface area contributed by atoms with Crippen LogP contribution in [0.15, 0.2) is 29.3 Å². The van der Waals surface area contributed by atoms with Gasteiger partial charge < -0.3 is 26.6 Å². The van der Waals surface area contributed by atoms with Crippen LogP contribution in [0.5, 0.6) is 0 Å². The van der Waals surface area contributed by atoms with Gasteiger partial charge in [0.15, 0.2) is 11.8 Å². The van der Waals surface area contributed by atoms with Gasteiger partial charge in [0.1, 0.15) is 6.04 Å². The fourth-order valence-electron chi connectivity index (χ4n) is 5.11. The maximum atomic E-state index is 12.9. The highest BCUT2D eigenvalue weighted by Gasteiger charge is 2.30. The summed E-state index contributed by atoms with van der Waals surface area (Å²) >= 11 is 12.6. The van der Waals surface area contributed by atoms with E-state index in [9.17, 15) is 9.59 Å². The lowest BCUT2D eigenvalue weighted by Gasteiger charge is -2.35. The fourth-order valence-corrected chi connectivity index (χ4v) is 5.51. The summed E-state index contributed by atoms with van der Waals surface area (Å²) in [6.45, 7) is 2.22. The second-order valence-corrected chi connectivity index (χ2v) is 10.4. The third-order valence-corrected chi connectivity index (χ3v) is 7.94. The van der Waals surface area contributed by atoms with Gasteiger partial charge in [-0.15, -0.1) is 0 Å². The van der Waals surface area contributed by atoms with Crippen molar-refractivity contribution in [2.75, 3.05) is 37.6 Å². The minimum absolute atomic E-state index is 0.0803. The quantitative estimate of drug-likeness (QED) is 0.359. The average molecular weight is 550 g/mol. The van der Waals surface area contributed by atoms with E-state index in [4.69, 9.17) is 34.7 Å². The van der Waals surface area contributed by atoms with E-state index in [2.05, 4.69) is 20.3 Å². The molecule has 2 heterocycles. The Morgan fingerprint density at radius 2 is 1.84 bits per heavy atom. The number of halogens is 2. The first kappa shape index (κ1) is 27.1. The van der Waals surface area contributed by atoms with Crippen LogP contribution in [-0.2, 0) is 16.6 Å². The van der Waals surface area contributed by atoms with E-state index in [0.717, 1.165) is 49.2 Å². The number of benzene rings is 1. The van der Waals surface area contributed by atoms with E-state index in [1.807, 2.05) is 25.2 Å². The number of nitrogens with one attached hydrogen (secondary N) is 1. The van der Waals surface area contributed by atoms with Crippen molar-refractivity contribution in [3.63, 3.8) is 0 Å². The first-order chi connectivity index (χ1) is 17.7. The second-order valence-electron chi connectivity index (χ2n) is 9.60. The molecule has 1 aromatic heterocycles. The molecular weight excluding hydrogens is 515 g/mol. The third-order valence-electron chi connectivity index (χ3n) is 7.12. The molecule has 1 atom stereocenters. The monoisotopic (exact) mass is 548 g/mol. The lowest BCUT2D eigenvalue weighted by atomic mass is 9.83. The molecule has 0 radical (unpaired) electrons. The number of carbonyl (C=O) groups excluding carboxylic acids is 2. The lowest BCUT2D eigenvalue weighted by Crippen LogP contribution is -2.52. The van der Waals surface area contributed by atoms with Crippen LogP contribution in [0.25, 0.3) is 11.3 Å². The Hall–Kier alpha value is -2.98. The van der Waals surface area contributed by atoms with Crippen LogP contribution in [0.1, 0.15) is 32.1 Å². The van der Waals surface area contributed by atoms with Gasteiger partial charge in [0.2, 0.25) is 11.8 Å². The van der Waals surface area contributed by atoms with Crippen LogP contribution < -0.4 is 21.7 Å². The highest BCUT2D eigenvalue weighted by molar-refractivity contribution is 6.43. The summed E-state index contributed by atoms with van der Waals surface area (Å²) in [7, 11) is 1.86. The Morgan fingerprint density at radius 3 is 2.51 bits per heavy atom. The summed E-state index contributed by atoms with van der Waals surface area (Å²) in [5.74, 6) is 0.366. The number of anilines is 1. The van der Waals surface area contributed by atoms with Crippen molar-refractivity contribution in [1.29, 1.82) is 0 Å². The standard InChI is InChI=1S/C25H34Cl2N8O2/c1-33-19(17-8-5-9-18(26)22(17)27)14-20(32-33)34-10-12-35(13-11-34)21(36)15-30-24(37)23(31-25(28)29)16-6-3-2-4-7-16/h5,8-9,14,16,23H,2-4,6-7,10-13,15H2,1H3,(H,30,37)(H4,28,29,31)/t23-/m1/s1. The summed E-state index contributed by atoms with van der Waals surface area (Å²) in [6.07, 6.45) is 5.08. The number of carbonyl (C=O) groups is 2. The van der Waals surface area contributed by atoms with Crippen molar-refractivity contribution >= 4 is 46.8 Å². The Kier molecular flexibility index (Phi) is 8.81. The second kappa shape index (κ2) is 12.0. The van der Waals surface area contributed by atoms with E-state index >= 15 is 0 Å². The van der Waals surface area contributed by atoms with E-state index in [-0.39, 0.29) is 30.2 Å². The van der Waals surface area contributed by atoms with Gasteiger partial charge in [0.25, 0.3) is 0 Å². The van der Waals surface area contributed by atoms with Crippen molar-refractivity contribution in [2.45, 2.75) is 38.1 Å². The van der Waals surface area contributed by atoms with Gasteiger partial charge in [0, 0.05) is 44.9 Å². The van der Waals surface area contributed by atoms with Crippen molar-refractivity contribution in [3.05, 3.63) is 34.3 Å². The number of nitrogens with zero attached hydrogens (tertiary/aromatic N) is 5. The molecule has 0 unspecified atom stereocenters. The minimum atomic E-state index is -0.652. The van der Waals surface area contributed by atoms with E-state index in [1.165, 1.54) is 0 Å². The number of hydrogen-bond donors (Lipinski definition) is 3. The average Bonchev–Trinajstić information content (AvgIpc) is 3.29. The summed E-state index contributed by atoms with van der Waals surface area (Å²) < 4.78 is 1.78. The molecule has 1 saturated carbocycles. The highest BCUT2D eigenvalue weighted by Crippen LogP contribution is 2.35. The van der Waals surface area contributed by atoms with E-state index in [0.29, 0.717) is 36.2 Å². The number of aromatic nitrogens is 2. The Labute approximate surface area is 226 Å². The van der Waals surface area contributed by atoms with E-state index < -0.39 is 6.04 Å². The van der Waals surface area contributed by atoms with Gasteiger partial charge in [-0.2, -0.15) is 5.10 Å². The molecule has 200 valence electrons. The maximum Gasteiger partial charge on any atom is 0.245 e. The first-order valence-electron chi connectivity index (χ1n) is 12.6. The van der Waals surface area contributed by atoms with Gasteiger partial charge in [-0.1, -0.05) is 54.6 Å². The van der Waals surface area contributed by atoms with Crippen LogP contribution in [0.2, 0.25) is 10.0 Å². The summed E-state index contributed by atoms with van der Waals surface area (Å²) in [6, 6.07) is 6.84. The highest BCUT2D eigenvalue weighted by atomic mass is 35.5. The van der Waals surface area contributed by atoms with Crippen molar-refractivity contribution in [1.82, 2.24) is 20.0 Å². The number of hydrogen-bond acceptors (Lipinski definition) is 5. The summed E-state index contributed by atoms with van der Waals surface area (Å²) in [5.41, 5.74) is 12.8. The predicted molar refractivity (Wildman–Crippen MR) is 147 cm³/mol. The molecule has 1 aromatic carbocycles. The van der Waals surface area contributed by atoms with Crippen LogP contribution in [-0.4, -0.2) is 71.2 Å². The van der Waals surface area contributed by atoms with Crippen LogP contribution >= 0.6 is 23.2 Å². The smallest absolute Gasteiger partial charge is 0.245 e. The molecule has 2 fully saturated rings. The molecule has 2 aromatic rings. The van der Waals surface area contributed by atoms with Gasteiger partial charge >= 0.3 is 0 Å². The van der Waals surface area contributed by atoms with Crippen molar-refractivity contribution in [3.8, 4) is 11.3 Å². The Morgan fingerprint density at radius 1 is 1.14 bits per heavy atom. The number of aryl methyl sites for hydroxylation is 1. The Balaban J connectivity index is 1.32. The zero-order chi connectivity index (χ0) is 26.5. The molecule has 5 N–H and O–H groups in total. The van der Waals surface area contributed by atoms with Crippen molar-refractivity contribution < 1.29 is 9.59 Å². The summed E-state index contributed by atoms with van der Waals surface area (Å²) in [4.78, 5) is 33.8. The van der Waals surface area contributed by atoms with E-state index in [1.54, 1.807) is 15.6 Å². The maximum absolute atomic E-state index is 12.9. The molecular formula is C25H34Cl2N8O2. The van der Waals surface area contributed by atoms with Gasteiger partial charge in [-0.05, 0) is 24.8 Å². The number of aliphatic imine (C=N–C) groups is 1. The molecule has 2 amide bonds. The predicted octanol–water partition coefficient (Wildman–Crippen LogP) is 2.38. The number of piperazine rings is 1. The van der Waals surface area contributed by atoms with Crippen LogP contribution in [0.3, 0.4) is 0 Å². The zero-order valence-electron chi connectivity index (χ0n) is 21.0. The molecule has 4 rings (SSSR count). The van der Waals surface area contributed by atoms with Gasteiger partial charge in [-0.3, -0.25) is 14.3 Å². The molecule has 0 bridgehead atoms. The third kappa shape index (κ3) is 6.48. The normalized spacial score (nSPS) is 17.4. The largest absolute Gasteiger partial charge is 0.370 e. The fraction of sp³-hybridized carbons (Fsp3) is 0.520. The molecule has 0 spiro atoms. The van der Waals surface area contributed by atoms with Crippen LogP contribution in [0, 0.1) is 5.92 Å². The minimum Gasteiger partial charge on any atom is -0.370 e. The number of nitrogens with two attached hydrogens (primary N) is 2. The number of amides is 2. The van der Waals surface area contributed by atoms with Crippen molar-refractivity contribution in [2.24, 2.45) is 29.4 Å². The van der Waals surface area contributed by atoms with Gasteiger partial charge in [0.05, 0.1) is 22.3 Å². The Bertz CT molecular complexity index is 1150. The molecule has 10 nitrogen and oxygen atoms in total. The first-order valence-corrected chi connectivity index (χ1v) is 13.4. The molecule has 37 heavy (non-hydrogen) atoms. The molecule has 1 saturated heterocycles. The zero-order valence-corrected chi connectivity index (χ0v) is 22.5. The number of rotatable bonds is 7. The summed E-state index contributed by atoms with van der Waals surface area (Å²) in [5, 5.41) is 8.39. The topological polar surface area (TPSA) is 135 Å². The molecule has 2 aliphatic rings. The molecule has 1 aliphatic heterocycles. The van der Waals surface area contributed by atoms with Gasteiger partial charge in [-0.25, -0.2) is 4.99 Å². The molecule has 1 aliphatic carbocycles. The SMILES string of the molecule is Cn1nc(N2CCN(C(=O)CNC(=O)[C@H](N=C(N)N)C3CCCCC3)CC2)cc1-c1cccc(Cl)c1Cl. The molecule has 12 heteroatoms. The van der Waals surface area contributed by atoms with Crippen LogP contribution in [0.4, 0.5) is 5.82 Å². The number of guanidine groups is 1. The lowest BCUT2D eigenvalue weighted by molar-refractivity contribution is -0.133.